The number of aromatic nitrogens is 1. The molecule has 1 aromatic rings. The number of hydrogen-bond donors (Lipinski definition) is 1. The third-order valence-corrected chi connectivity index (χ3v) is 5.87. The Hall–Kier alpha value is -1.46. The molecule has 2 saturated heterocycles. The number of carbonyl (C=O) groups excluding carboxylic acids is 1. The fourth-order valence-corrected chi connectivity index (χ4v) is 4.36. The van der Waals surface area contributed by atoms with Gasteiger partial charge in [-0.1, -0.05) is 13.0 Å². The molecule has 0 saturated carbocycles. The average Bonchev–Trinajstić information content (AvgIpc) is 2.97. The predicted molar refractivity (Wildman–Crippen MR) is 100 cm³/mol. The molecule has 25 heavy (non-hydrogen) atoms. The first-order chi connectivity index (χ1) is 12.1. The summed E-state index contributed by atoms with van der Waals surface area (Å²) in [5.74, 6) is 0.209. The van der Waals surface area contributed by atoms with Crippen LogP contribution in [0.15, 0.2) is 24.4 Å². The molecule has 3 rings (SSSR count). The van der Waals surface area contributed by atoms with Gasteiger partial charge in [0.15, 0.2) is 0 Å². The number of carbonyl (C=O) groups is 1. The van der Waals surface area contributed by atoms with Crippen LogP contribution in [-0.2, 0) is 11.2 Å². The molecule has 2 fully saturated rings. The topological polar surface area (TPSA) is 48.5 Å². The summed E-state index contributed by atoms with van der Waals surface area (Å²) in [5, 5.41) is 3.16. The second kappa shape index (κ2) is 8.28. The number of amides is 1. The van der Waals surface area contributed by atoms with Gasteiger partial charge in [-0.05, 0) is 69.9 Å². The smallest absolute Gasteiger partial charge is 0.237 e. The molecule has 2 aliphatic heterocycles. The van der Waals surface area contributed by atoms with Gasteiger partial charge in [0.1, 0.15) is 0 Å². The van der Waals surface area contributed by atoms with Crippen LogP contribution >= 0.6 is 0 Å². The van der Waals surface area contributed by atoms with Gasteiger partial charge in [-0.15, -0.1) is 0 Å². The van der Waals surface area contributed by atoms with Gasteiger partial charge in [0, 0.05) is 31.4 Å². The molecule has 2 aliphatic rings. The molecular weight excluding hydrogens is 312 g/mol. The first kappa shape index (κ1) is 18.3. The van der Waals surface area contributed by atoms with Crippen molar-refractivity contribution in [2.24, 2.45) is 5.41 Å². The number of pyridine rings is 1. The summed E-state index contributed by atoms with van der Waals surface area (Å²) in [5.41, 5.74) is 1.39. The highest BCUT2D eigenvalue weighted by atomic mass is 16.2. The lowest BCUT2D eigenvalue weighted by Crippen LogP contribution is -2.44. The van der Waals surface area contributed by atoms with Crippen molar-refractivity contribution < 1.29 is 4.79 Å². The number of likely N-dealkylation sites (tertiary alicyclic amines) is 2. The molecule has 1 spiro atoms. The minimum atomic E-state index is 0.0482. The van der Waals surface area contributed by atoms with Gasteiger partial charge in [0.25, 0.3) is 0 Å². The maximum absolute atomic E-state index is 12.8. The van der Waals surface area contributed by atoms with E-state index in [-0.39, 0.29) is 11.9 Å². The van der Waals surface area contributed by atoms with Crippen LogP contribution in [0.4, 0.5) is 0 Å². The van der Waals surface area contributed by atoms with Crippen LogP contribution in [0.25, 0.3) is 0 Å². The summed E-state index contributed by atoms with van der Waals surface area (Å²) in [6.07, 6.45) is 7.18. The summed E-state index contributed by atoms with van der Waals surface area (Å²) in [6.45, 7) is 7.31. The van der Waals surface area contributed by atoms with Crippen molar-refractivity contribution in [3.05, 3.63) is 30.1 Å². The Morgan fingerprint density at radius 2 is 2.16 bits per heavy atom. The van der Waals surface area contributed by atoms with Gasteiger partial charge < -0.3 is 10.2 Å². The fraction of sp³-hybridized carbons (Fsp3) is 0.700. The standard InChI is InChI=1S/C20H32N4O/c1-3-12-24-16-20(8-13-23(2)14-9-20)15-18(24)19(25)22-11-7-17-6-4-5-10-21-17/h4-6,10,18H,3,7-9,11-16H2,1-2H3,(H,22,25)/t18-/m1/s1. The lowest BCUT2D eigenvalue weighted by Gasteiger charge is -2.37. The van der Waals surface area contributed by atoms with E-state index in [0.717, 1.165) is 51.1 Å². The van der Waals surface area contributed by atoms with E-state index in [0.29, 0.717) is 12.0 Å². The number of nitrogens with zero attached hydrogens (tertiary/aromatic N) is 3. The SMILES string of the molecule is CCCN1CC2(CCN(C)CC2)C[C@@H]1C(=O)NCCc1ccccn1. The Bertz CT molecular complexity index is 554. The quantitative estimate of drug-likeness (QED) is 0.857. The van der Waals surface area contributed by atoms with Crippen molar-refractivity contribution in [3.8, 4) is 0 Å². The fourth-order valence-electron chi connectivity index (χ4n) is 4.36. The van der Waals surface area contributed by atoms with E-state index < -0.39 is 0 Å². The maximum atomic E-state index is 12.8. The Kier molecular flexibility index (Phi) is 6.07. The van der Waals surface area contributed by atoms with Gasteiger partial charge in [0.05, 0.1) is 6.04 Å². The van der Waals surface area contributed by atoms with E-state index in [2.05, 4.69) is 34.1 Å². The Morgan fingerprint density at radius 3 is 2.84 bits per heavy atom. The largest absolute Gasteiger partial charge is 0.354 e. The third kappa shape index (κ3) is 4.59. The molecule has 0 unspecified atom stereocenters. The van der Waals surface area contributed by atoms with Crippen LogP contribution in [0.2, 0.25) is 0 Å². The predicted octanol–water partition coefficient (Wildman–Crippen LogP) is 1.94. The molecule has 5 nitrogen and oxygen atoms in total. The highest BCUT2D eigenvalue weighted by Crippen LogP contribution is 2.43. The van der Waals surface area contributed by atoms with Crippen LogP contribution in [0, 0.1) is 5.41 Å². The van der Waals surface area contributed by atoms with Crippen LogP contribution in [-0.4, -0.2) is 66.5 Å². The lowest BCUT2D eigenvalue weighted by molar-refractivity contribution is -0.125. The monoisotopic (exact) mass is 344 g/mol. The van der Waals surface area contributed by atoms with Crippen molar-refractivity contribution in [1.29, 1.82) is 0 Å². The second-order valence-corrected chi connectivity index (χ2v) is 7.86. The van der Waals surface area contributed by atoms with Gasteiger partial charge >= 0.3 is 0 Å². The molecule has 5 heteroatoms. The van der Waals surface area contributed by atoms with E-state index in [1.807, 2.05) is 18.2 Å². The zero-order valence-electron chi connectivity index (χ0n) is 15.7. The molecule has 0 radical (unpaired) electrons. The van der Waals surface area contributed by atoms with E-state index in [9.17, 15) is 4.79 Å². The molecule has 1 amide bonds. The summed E-state index contributed by atoms with van der Waals surface area (Å²) in [6, 6.07) is 5.98. The molecule has 0 aliphatic carbocycles. The van der Waals surface area contributed by atoms with Crippen LogP contribution in [0.5, 0.6) is 0 Å². The molecule has 3 heterocycles. The van der Waals surface area contributed by atoms with E-state index in [1.54, 1.807) is 6.20 Å². The van der Waals surface area contributed by atoms with Crippen molar-refractivity contribution in [3.63, 3.8) is 0 Å². The lowest BCUT2D eigenvalue weighted by atomic mass is 9.76. The van der Waals surface area contributed by atoms with Gasteiger partial charge in [-0.25, -0.2) is 0 Å². The number of hydrogen-bond acceptors (Lipinski definition) is 4. The highest BCUT2D eigenvalue weighted by Gasteiger charge is 2.47. The highest BCUT2D eigenvalue weighted by molar-refractivity contribution is 5.82. The maximum Gasteiger partial charge on any atom is 0.237 e. The summed E-state index contributed by atoms with van der Waals surface area (Å²) >= 11 is 0. The number of rotatable bonds is 6. The zero-order chi connectivity index (χ0) is 17.7. The third-order valence-electron chi connectivity index (χ3n) is 5.87. The van der Waals surface area contributed by atoms with Gasteiger partial charge in [-0.2, -0.15) is 0 Å². The minimum Gasteiger partial charge on any atom is -0.354 e. The average molecular weight is 345 g/mol. The Balaban J connectivity index is 1.55. The molecule has 0 bridgehead atoms. The normalized spacial score (nSPS) is 23.8. The van der Waals surface area contributed by atoms with E-state index in [1.165, 1.54) is 12.8 Å². The summed E-state index contributed by atoms with van der Waals surface area (Å²) in [7, 11) is 2.20. The summed E-state index contributed by atoms with van der Waals surface area (Å²) in [4.78, 5) is 22.0. The van der Waals surface area contributed by atoms with Crippen molar-refractivity contribution in [2.45, 2.75) is 45.1 Å². The molecular formula is C20H32N4O. The summed E-state index contributed by atoms with van der Waals surface area (Å²) < 4.78 is 0. The second-order valence-electron chi connectivity index (χ2n) is 7.86. The van der Waals surface area contributed by atoms with Crippen LogP contribution in [0.1, 0.15) is 38.3 Å². The van der Waals surface area contributed by atoms with Gasteiger partial charge in [0.2, 0.25) is 5.91 Å². The Morgan fingerprint density at radius 1 is 1.36 bits per heavy atom. The number of piperidine rings is 1. The molecule has 138 valence electrons. The van der Waals surface area contributed by atoms with Crippen molar-refractivity contribution in [2.75, 3.05) is 39.8 Å². The zero-order valence-corrected chi connectivity index (χ0v) is 15.7. The van der Waals surface area contributed by atoms with Gasteiger partial charge in [-0.3, -0.25) is 14.7 Å². The van der Waals surface area contributed by atoms with E-state index in [4.69, 9.17) is 0 Å². The molecule has 1 aromatic heterocycles. The number of nitrogens with one attached hydrogen (secondary N) is 1. The first-order valence-corrected chi connectivity index (χ1v) is 9.72. The molecule has 1 N–H and O–H groups in total. The molecule has 1 atom stereocenters. The van der Waals surface area contributed by atoms with Crippen molar-refractivity contribution >= 4 is 5.91 Å². The minimum absolute atomic E-state index is 0.0482. The van der Waals surface area contributed by atoms with Crippen LogP contribution in [0.3, 0.4) is 0 Å². The van der Waals surface area contributed by atoms with E-state index >= 15 is 0 Å². The van der Waals surface area contributed by atoms with Crippen molar-refractivity contribution in [1.82, 2.24) is 20.1 Å². The Labute approximate surface area is 151 Å². The first-order valence-electron chi connectivity index (χ1n) is 9.72. The molecule has 0 aromatic carbocycles. The van der Waals surface area contributed by atoms with Crippen LogP contribution < -0.4 is 5.32 Å².